The number of rotatable bonds is 16. The van der Waals surface area contributed by atoms with E-state index in [0.717, 1.165) is 13.8 Å². The van der Waals surface area contributed by atoms with Crippen molar-refractivity contribution < 1.29 is 143 Å². The SMILES string of the molecule is CC(=O)N[C@@H]1[C@@H](O[C@H]2O[C@H](C)[C@H](O)[C@H](O)[C@H]2O)[C@H](O[C@@H]2O[C@H](CO)[C@@H](O[C@@H]3O[C@H](CO[C@H]4O[C@H](CO)[C@@H](O)[C@H](O)[C@@H]4O)[C@@H](O)[C@H](O)[C@@H]3O[C@@H]3OC[C@@H](O)[C@H](O)[C@H]3O)[C@H](O)[C@H]2NC(C)=O)[C@@H](CO)O[C@@H]1O. The van der Waals surface area contributed by atoms with Crippen molar-refractivity contribution in [2.45, 2.75) is 199 Å². The van der Waals surface area contributed by atoms with E-state index in [-0.39, 0.29) is 0 Å². The molecule has 70 heavy (non-hydrogen) atoms. The van der Waals surface area contributed by atoms with Crippen molar-refractivity contribution >= 4 is 11.8 Å². The molecule has 0 aromatic rings. The number of amides is 2. The number of hydrogen-bond donors (Lipinski definition) is 18. The Morgan fingerprint density at radius 3 is 1.59 bits per heavy atom. The first-order valence-electron chi connectivity index (χ1n) is 22.4. The van der Waals surface area contributed by atoms with Crippen molar-refractivity contribution in [3.8, 4) is 0 Å². The highest BCUT2D eigenvalue weighted by Crippen LogP contribution is 2.36. The summed E-state index contributed by atoms with van der Waals surface area (Å²) in [5.41, 5.74) is 0. The molecule has 29 atom stereocenters. The van der Waals surface area contributed by atoms with E-state index in [4.69, 9.17) is 52.1 Å². The molecule has 0 radical (unpaired) electrons. The van der Waals surface area contributed by atoms with E-state index in [1.54, 1.807) is 0 Å². The smallest absolute Gasteiger partial charge is 0.217 e. The van der Waals surface area contributed by atoms with Crippen LogP contribution in [0.5, 0.6) is 0 Å². The van der Waals surface area contributed by atoms with Gasteiger partial charge in [0.2, 0.25) is 11.8 Å². The second-order valence-electron chi connectivity index (χ2n) is 17.8. The molecule has 6 rings (SSSR count). The van der Waals surface area contributed by atoms with E-state index in [9.17, 15) is 91.3 Å². The quantitative estimate of drug-likeness (QED) is 0.0682. The first-order chi connectivity index (χ1) is 33.0. The molecule has 0 aromatic heterocycles. The first-order valence-corrected chi connectivity index (χ1v) is 22.4. The molecule has 0 saturated carbocycles. The Bertz CT molecular complexity index is 1680. The van der Waals surface area contributed by atoms with E-state index < -0.39 is 223 Å². The molecule has 6 heterocycles. The zero-order chi connectivity index (χ0) is 51.6. The standard InChI is InChI=1S/C39H66N2O29/c1-9-19(48)24(53)29(58)38(62-9)69-32-18(41-11(3)46)34(59)63-15(6-44)31(32)68-35-17(40-10(2)45)23(52)30(14(5-43)65-35)67-39-33(70-37-27(56)20(49)12(47)7-60-37)26(55)22(51)16(66-39)8-61-36-28(57)25(54)21(50)13(4-42)64-36/h9,12-39,42-44,47-59H,4-8H2,1-3H3,(H,40,45)(H,41,46)/t9-,12-,13-,14-,15-,16-,17-,18-,19+,20+,21-,22-,23-,24+,25+,26+,27-,28+,29-,30-,31-,32-,33+,34+,35+,36+,37+,38-,39+/m1/s1. The van der Waals surface area contributed by atoms with Crippen LogP contribution in [-0.2, 0) is 61.7 Å². The van der Waals surface area contributed by atoms with Crippen molar-refractivity contribution in [1.29, 1.82) is 0 Å². The number of ether oxygens (including phenoxy) is 11. The highest BCUT2D eigenvalue weighted by Gasteiger charge is 2.57. The summed E-state index contributed by atoms with van der Waals surface area (Å²) in [7, 11) is 0. The average molecular weight is 1030 g/mol. The van der Waals surface area contributed by atoms with Gasteiger partial charge in [0.25, 0.3) is 0 Å². The number of nitrogens with one attached hydrogen (secondary N) is 2. The van der Waals surface area contributed by atoms with Gasteiger partial charge in [-0.05, 0) is 6.92 Å². The lowest BCUT2D eigenvalue weighted by molar-refractivity contribution is -0.389. The molecule has 6 aliphatic heterocycles. The van der Waals surface area contributed by atoms with Crippen LogP contribution in [0.2, 0.25) is 0 Å². The van der Waals surface area contributed by atoms with E-state index >= 15 is 0 Å². The van der Waals surface area contributed by atoms with Crippen LogP contribution < -0.4 is 10.6 Å². The third-order valence-corrected chi connectivity index (χ3v) is 12.8. The third kappa shape index (κ3) is 12.3. The van der Waals surface area contributed by atoms with Crippen molar-refractivity contribution in [3.63, 3.8) is 0 Å². The van der Waals surface area contributed by atoms with Crippen LogP contribution in [-0.4, -0.2) is 305 Å². The van der Waals surface area contributed by atoms with Crippen LogP contribution in [0, 0.1) is 0 Å². The minimum absolute atomic E-state index is 0.601. The second kappa shape index (κ2) is 24.5. The third-order valence-electron chi connectivity index (χ3n) is 12.8. The molecule has 2 amide bonds. The number of carbonyl (C=O) groups is 2. The molecule has 406 valence electrons. The van der Waals surface area contributed by atoms with Gasteiger partial charge in [-0.2, -0.15) is 0 Å². The number of aliphatic hydroxyl groups is 16. The Hall–Kier alpha value is -2.14. The lowest BCUT2D eigenvalue weighted by Crippen LogP contribution is -2.71. The molecule has 0 aromatic carbocycles. The fraction of sp³-hybridized carbons (Fsp3) is 0.949. The summed E-state index contributed by atoms with van der Waals surface area (Å²) in [6.45, 7) is -0.861. The largest absolute Gasteiger partial charge is 0.394 e. The Labute approximate surface area is 397 Å². The van der Waals surface area contributed by atoms with Gasteiger partial charge < -0.3 is 144 Å². The average Bonchev–Trinajstić information content (AvgIpc) is 3.32. The molecule has 0 bridgehead atoms. The zero-order valence-electron chi connectivity index (χ0n) is 37.7. The van der Waals surface area contributed by atoms with Gasteiger partial charge in [0.05, 0.1) is 39.1 Å². The van der Waals surface area contributed by atoms with Gasteiger partial charge in [0.15, 0.2) is 37.7 Å². The number of aliphatic hydroxyl groups excluding tert-OH is 16. The molecule has 6 saturated heterocycles. The molecule has 18 N–H and O–H groups in total. The van der Waals surface area contributed by atoms with Crippen LogP contribution in [0.4, 0.5) is 0 Å². The Kier molecular flexibility index (Phi) is 20.0. The molecule has 0 spiro atoms. The van der Waals surface area contributed by atoms with Crippen molar-refractivity contribution in [2.75, 3.05) is 33.0 Å². The van der Waals surface area contributed by atoms with Gasteiger partial charge in [-0.15, -0.1) is 0 Å². The van der Waals surface area contributed by atoms with Crippen LogP contribution in [0.15, 0.2) is 0 Å². The summed E-state index contributed by atoms with van der Waals surface area (Å²) in [5.74, 6) is -1.60. The van der Waals surface area contributed by atoms with Crippen LogP contribution >= 0.6 is 0 Å². The number of hydrogen-bond acceptors (Lipinski definition) is 29. The first kappa shape index (κ1) is 57.1. The Morgan fingerprint density at radius 2 is 0.957 bits per heavy atom. The molecule has 6 fully saturated rings. The summed E-state index contributed by atoms with van der Waals surface area (Å²) >= 11 is 0. The van der Waals surface area contributed by atoms with Gasteiger partial charge in [-0.1, -0.05) is 0 Å². The predicted molar refractivity (Wildman–Crippen MR) is 215 cm³/mol. The molecule has 31 nitrogen and oxygen atoms in total. The minimum Gasteiger partial charge on any atom is -0.394 e. The van der Waals surface area contributed by atoms with Crippen LogP contribution in [0.25, 0.3) is 0 Å². The zero-order valence-corrected chi connectivity index (χ0v) is 37.7. The maximum atomic E-state index is 12.8. The highest BCUT2D eigenvalue weighted by molar-refractivity contribution is 5.73. The maximum Gasteiger partial charge on any atom is 0.217 e. The summed E-state index contributed by atoms with van der Waals surface area (Å²) in [4.78, 5) is 25.2. The Morgan fingerprint density at radius 1 is 0.457 bits per heavy atom. The minimum atomic E-state index is -2.14. The van der Waals surface area contributed by atoms with Gasteiger partial charge in [-0.25, -0.2) is 0 Å². The summed E-state index contributed by atoms with van der Waals surface area (Å²) < 4.78 is 63.5. The fourth-order valence-electron chi connectivity index (χ4n) is 8.86. The molecule has 0 unspecified atom stereocenters. The van der Waals surface area contributed by atoms with Crippen molar-refractivity contribution in [2.24, 2.45) is 0 Å². The summed E-state index contributed by atoms with van der Waals surface area (Å²) in [6.07, 6.45) is -49.1. The van der Waals surface area contributed by atoms with Gasteiger partial charge >= 0.3 is 0 Å². The summed E-state index contributed by atoms with van der Waals surface area (Å²) in [6, 6.07) is -3.40. The van der Waals surface area contributed by atoms with Crippen molar-refractivity contribution in [1.82, 2.24) is 10.6 Å². The van der Waals surface area contributed by atoms with Crippen molar-refractivity contribution in [3.05, 3.63) is 0 Å². The maximum absolute atomic E-state index is 12.8. The van der Waals surface area contributed by atoms with Crippen LogP contribution in [0.3, 0.4) is 0 Å². The van der Waals surface area contributed by atoms with E-state index in [1.165, 1.54) is 6.92 Å². The second-order valence-corrected chi connectivity index (χ2v) is 17.8. The monoisotopic (exact) mass is 1030 g/mol. The van der Waals surface area contributed by atoms with Gasteiger partial charge in [0.1, 0.15) is 134 Å². The molecular formula is C39H66N2O29. The van der Waals surface area contributed by atoms with Crippen LogP contribution in [0.1, 0.15) is 20.8 Å². The predicted octanol–water partition coefficient (Wildman–Crippen LogP) is -12.1. The topological polar surface area (TPSA) is 483 Å². The number of carbonyl (C=O) groups excluding carboxylic acids is 2. The van der Waals surface area contributed by atoms with E-state index in [0.29, 0.717) is 0 Å². The van der Waals surface area contributed by atoms with E-state index in [2.05, 4.69) is 10.6 Å². The molecule has 31 heteroatoms. The molecule has 6 aliphatic rings. The fourth-order valence-corrected chi connectivity index (χ4v) is 8.86. The normalized spacial score (nSPS) is 50.3. The Balaban J connectivity index is 1.29. The lowest BCUT2D eigenvalue weighted by atomic mass is 9.93. The van der Waals surface area contributed by atoms with Gasteiger partial charge in [-0.3, -0.25) is 9.59 Å². The molecular weight excluding hydrogens is 960 g/mol. The lowest BCUT2D eigenvalue weighted by Gasteiger charge is -2.51. The summed E-state index contributed by atoms with van der Waals surface area (Å²) in [5, 5.41) is 175. The van der Waals surface area contributed by atoms with Gasteiger partial charge in [0, 0.05) is 13.8 Å². The molecule has 0 aliphatic carbocycles. The van der Waals surface area contributed by atoms with E-state index in [1.807, 2.05) is 0 Å². The highest BCUT2D eigenvalue weighted by atomic mass is 16.8.